The van der Waals surface area contributed by atoms with Crippen LogP contribution in [0.4, 0.5) is 11.4 Å². The third-order valence-electron chi connectivity index (χ3n) is 5.75. The normalized spacial score (nSPS) is 16.7. The summed E-state index contributed by atoms with van der Waals surface area (Å²) in [5.74, 6) is 0. The number of nitro benzene ring substituents is 1. The Kier molecular flexibility index (Phi) is 6.63. The van der Waals surface area contributed by atoms with Gasteiger partial charge < -0.3 is 9.30 Å². The third-order valence-corrected chi connectivity index (χ3v) is 6.62. The van der Waals surface area contributed by atoms with Crippen LogP contribution in [0.3, 0.4) is 0 Å². The van der Waals surface area contributed by atoms with Gasteiger partial charge in [-0.25, -0.2) is 4.99 Å². The molecule has 31 heavy (non-hydrogen) atoms. The first-order chi connectivity index (χ1) is 15.1. The van der Waals surface area contributed by atoms with E-state index in [9.17, 15) is 10.1 Å². The van der Waals surface area contributed by atoms with Crippen LogP contribution in [0.15, 0.2) is 52.8 Å². The zero-order valence-corrected chi connectivity index (χ0v) is 18.7. The van der Waals surface area contributed by atoms with E-state index in [4.69, 9.17) is 9.73 Å². The summed E-state index contributed by atoms with van der Waals surface area (Å²) in [5, 5.41) is 13.1. The van der Waals surface area contributed by atoms with Crippen molar-refractivity contribution in [3.05, 3.63) is 73.9 Å². The lowest BCUT2D eigenvalue weighted by molar-refractivity contribution is -0.384. The van der Waals surface area contributed by atoms with Crippen LogP contribution in [0, 0.1) is 10.1 Å². The van der Waals surface area contributed by atoms with Crippen LogP contribution in [-0.2, 0) is 24.1 Å². The molecule has 0 radical (unpaired) electrons. The van der Waals surface area contributed by atoms with Crippen LogP contribution >= 0.6 is 11.3 Å². The highest BCUT2D eigenvalue weighted by Gasteiger charge is 2.20. The van der Waals surface area contributed by atoms with E-state index in [0.717, 1.165) is 60.6 Å². The van der Waals surface area contributed by atoms with E-state index in [2.05, 4.69) is 42.0 Å². The number of para-hydroxylation sites is 1. The molecule has 1 aliphatic heterocycles. The maximum atomic E-state index is 11.0. The topological polar surface area (TPSA) is 69.7 Å². The third kappa shape index (κ3) is 4.62. The van der Waals surface area contributed by atoms with E-state index in [1.807, 2.05) is 12.1 Å². The van der Waals surface area contributed by atoms with Crippen LogP contribution in [0.5, 0.6) is 0 Å². The van der Waals surface area contributed by atoms with Crippen molar-refractivity contribution in [3.8, 4) is 11.3 Å². The molecule has 0 N–H and O–H groups in total. The second-order valence-electron chi connectivity index (χ2n) is 7.70. The number of aromatic nitrogens is 1. The van der Waals surface area contributed by atoms with E-state index in [1.54, 1.807) is 23.5 Å². The number of nitrogens with zero attached hydrogens (tertiary/aromatic N) is 3. The molecule has 0 aliphatic carbocycles. The number of aryl methyl sites for hydroxylation is 2. The van der Waals surface area contributed by atoms with Crippen LogP contribution in [-0.4, -0.2) is 22.2 Å². The molecule has 0 bridgehead atoms. The van der Waals surface area contributed by atoms with Crippen LogP contribution < -0.4 is 4.80 Å². The Hall–Kier alpha value is -2.77. The molecule has 1 atom stereocenters. The van der Waals surface area contributed by atoms with E-state index in [0.29, 0.717) is 0 Å². The van der Waals surface area contributed by atoms with Crippen molar-refractivity contribution in [1.29, 1.82) is 0 Å². The number of hydrogen-bond donors (Lipinski definition) is 0. The van der Waals surface area contributed by atoms with E-state index >= 15 is 0 Å². The molecule has 6 nitrogen and oxygen atoms in total. The lowest BCUT2D eigenvalue weighted by atomic mass is 10.0. The summed E-state index contributed by atoms with van der Waals surface area (Å²) in [6, 6.07) is 13.1. The minimum absolute atomic E-state index is 0.0963. The first kappa shape index (κ1) is 21.5. The molecule has 1 saturated heterocycles. The minimum Gasteiger partial charge on any atom is -0.376 e. The van der Waals surface area contributed by atoms with Gasteiger partial charge in [-0.15, -0.1) is 11.3 Å². The maximum absolute atomic E-state index is 11.0. The molecule has 0 amide bonds. The maximum Gasteiger partial charge on any atom is 0.269 e. The Morgan fingerprint density at radius 3 is 2.45 bits per heavy atom. The average Bonchev–Trinajstić information content (AvgIpc) is 3.44. The first-order valence-electron chi connectivity index (χ1n) is 10.8. The van der Waals surface area contributed by atoms with Gasteiger partial charge in [0.1, 0.15) is 0 Å². The molecule has 4 rings (SSSR count). The molecule has 3 aromatic rings. The molecule has 1 fully saturated rings. The van der Waals surface area contributed by atoms with Crippen molar-refractivity contribution in [2.75, 3.05) is 6.61 Å². The largest absolute Gasteiger partial charge is 0.376 e. The van der Waals surface area contributed by atoms with Gasteiger partial charge in [0.2, 0.25) is 0 Å². The highest BCUT2D eigenvalue weighted by atomic mass is 32.1. The number of rotatable bonds is 7. The fourth-order valence-electron chi connectivity index (χ4n) is 4.03. The molecule has 162 valence electrons. The van der Waals surface area contributed by atoms with Crippen LogP contribution in [0.1, 0.15) is 37.8 Å². The molecule has 0 spiro atoms. The fourth-order valence-corrected chi connectivity index (χ4v) is 4.95. The molecule has 1 aromatic heterocycles. The Morgan fingerprint density at radius 1 is 1.16 bits per heavy atom. The number of nitro groups is 1. The van der Waals surface area contributed by atoms with Gasteiger partial charge >= 0.3 is 0 Å². The van der Waals surface area contributed by atoms with Gasteiger partial charge in [0.25, 0.3) is 5.69 Å². The summed E-state index contributed by atoms with van der Waals surface area (Å²) in [5.41, 5.74) is 5.60. The molecule has 2 aromatic carbocycles. The van der Waals surface area contributed by atoms with Gasteiger partial charge in [-0.05, 0) is 54.5 Å². The number of thiazole rings is 1. The predicted molar refractivity (Wildman–Crippen MR) is 124 cm³/mol. The SMILES string of the molecule is CCc1cccc(CC)c1N=c1scc(-c2ccc([N+](=O)[O-])cc2)n1CC1CCCO1. The summed E-state index contributed by atoms with van der Waals surface area (Å²) < 4.78 is 8.13. The van der Waals surface area contributed by atoms with Gasteiger partial charge in [0.05, 0.1) is 29.0 Å². The van der Waals surface area contributed by atoms with Crippen molar-refractivity contribution in [3.63, 3.8) is 0 Å². The summed E-state index contributed by atoms with van der Waals surface area (Å²) in [4.78, 5) is 16.7. The van der Waals surface area contributed by atoms with Crippen molar-refractivity contribution in [2.45, 2.75) is 52.2 Å². The molecule has 7 heteroatoms. The zero-order chi connectivity index (χ0) is 21.8. The molecular formula is C24H27N3O3S. The standard InChI is InChI=1S/C24H27N3O3S/c1-3-17-7-5-8-18(4-2)23(17)25-24-26(15-21-9-6-14-30-21)22(16-31-24)19-10-12-20(13-11-19)27(28)29/h5,7-8,10-13,16,21H,3-4,6,9,14-15H2,1-2H3. The molecule has 1 unspecified atom stereocenters. The predicted octanol–water partition coefficient (Wildman–Crippen LogP) is 5.66. The Balaban J connectivity index is 1.84. The summed E-state index contributed by atoms with van der Waals surface area (Å²) in [7, 11) is 0. The van der Waals surface area contributed by atoms with Gasteiger partial charge in [-0.2, -0.15) is 0 Å². The van der Waals surface area contributed by atoms with Crippen LogP contribution in [0.25, 0.3) is 11.3 Å². The zero-order valence-electron chi connectivity index (χ0n) is 17.9. The average molecular weight is 438 g/mol. The van der Waals surface area contributed by atoms with Gasteiger partial charge in [0, 0.05) is 24.1 Å². The van der Waals surface area contributed by atoms with Gasteiger partial charge in [-0.1, -0.05) is 32.0 Å². The van der Waals surface area contributed by atoms with Crippen molar-refractivity contribution in [1.82, 2.24) is 4.57 Å². The molecular weight excluding hydrogens is 410 g/mol. The first-order valence-corrected chi connectivity index (χ1v) is 11.7. The van der Waals surface area contributed by atoms with Crippen molar-refractivity contribution < 1.29 is 9.66 Å². The monoisotopic (exact) mass is 437 g/mol. The lowest BCUT2D eigenvalue weighted by Gasteiger charge is -2.15. The summed E-state index contributed by atoms with van der Waals surface area (Å²) in [6.45, 7) is 5.84. The number of hydrogen-bond acceptors (Lipinski definition) is 5. The summed E-state index contributed by atoms with van der Waals surface area (Å²) in [6.07, 6.45) is 4.14. The minimum atomic E-state index is -0.369. The quantitative estimate of drug-likeness (QED) is 0.354. The Morgan fingerprint density at radius 2 is 1.87 bits per heavy atom. The van der Waals surface area contributed by atoms with E-state index < -0.39 is 0 Å². The highest BCUT2D eigenvalue weighted by molar-refractivity contribution is 7.07. The fraction of sp³-hybridized carbons (Fsp3) is 0.375. The number of non-ortho nitro benzene ring substituents is 1. The number of benzene rings is 2. The van der Waals surface area contributed by atoms with Crippen LogP contribution in [0.2, 0.25) is 0 Å². The van der Waals surface area contributed by atoms with E-state index in [1.165, 1.54) is 11.1 Å². The summed E-state index contributed by atoms with van der Waals surface area (Å²) >= 11 is 1.60. The molecule has 2 heterocycles. The second kappa shape index (κ2) is 9.58. The highest BCUT2D eigenvalue weighted by Crippen LogP contribution is 2.28. The molecule has 0 saturated carbocycles. The lowest BCUT2D eigenvalue weighted by Crippen LogP contribution is -2.24. The van der Waals surface area contributed by atoms with Gasteiger partial charge in [-0.3, -0.25) is 10.1 Å². The Labute approximate surface area is 186 Å². The number of ether oxygens (including phenoxy) is 1. The second-order valence-corrected chi connectivity index (χ2v) is 8.53. The van der Waals surface area contributed by atoms with Gasteiger partial charge in [0.15, 0.2) is 4.80 Å². The van der Waals surface area contributed by atoms with Crippen molar-refractivity contribution >= 4 is 22.7 Å². The Bertz CT molecular complexity index is 1100. The smallest absolute Gasteiger partial charge is 0.269 e. The molecule has 1 aliphatic rings. The van der Waals surface area contributed by atoms with Crippen molar-refractivity contribution in [2.24, 2.45) is 4.99 Å². The van der Waals surface area contributed by atoms with E-state index in [-0.39, 0.29) is 16.7 Å².